The second-order valence-corrected chi connectivity index (χ2v) is 7.57. The van der Waals surface area contributed by atoms with E-state index in [1.807, 2.05) is 25.1 Å². The summed E-state index contributed by atoms with van der Waals surface area (Å²) in [6, 6.07) is 11.7. The quantitative estimate of drug-likeness (QED) is 0.617. The number of nitrogens with one attached hydrogen (secondary N) is 1. The van der Waals surface area contributed by atoms with E-state index in [2.05, 4.69) is 36.5 Å². The first-order valence-corrected chi connectivity index (χ1v) is 10.3. The van der Waals surface area contributed by atoms with E-state index in [4.69, 9.17) is 9.47 Å². The highest BCUT2D eigenvalue weighted by molar-refractivity contribution is 5.89. The molecule has 2 N–H and O–H groups in total. The van der Waals surface area contributed by atoms with Gasteiger partial charge in [0.2, 0.25) is 0 Å². The zero-order valence-corrected chi connectivity index (χ0v) is 16.9. The molecule has 5 nitrogen and oxygen atoms in total. The van der Waals surface area contributed by atoms with Crippen molar-refractivity contribution in [3.63, 3.8) is 0 Å². The Morgan fingerprint density at radius 2 is 2.00 bits per heavy atom. The first-order valence-electron chi connectivity index (χ1n) is 10.3. The molecule has 1 aliphatic carbocycles. The van der Waals surface area contributed by atoms with Crippen molar-refractivity contribution in [1.29, 1.82) is 0 Å². The summed E-state index contributed by atoms with van der Waals surface area (Å²) in [5, 5.41) is 13.0. The number of hydrogen-bond acceptors (Lipinski definition) is 4. The van der Waals surface area contributed by atoms with Crippen molar-refractivity contribution < 1.29 is 19.4 Å². The molecule has 0 saturated heterocycles. The van der Waals surface area contributed by atoms with Crippen molar-refractivity contribution in [2.75, 3.05) is 18.5 Å². The Morgan fingerprint density at radius 1 is 1.14 bits per heavy atom. The van der Waals surface area contributed by atoms with Crippen molar-refractivity contribution in [2.45, 2.75) is 38.6 Å². The van der Waals surface area contributed by atoms with E-state index in [1.54, 1.807) is 6.07 Å². The first-order chi connectivity index (χ1) is 14.1. The number of benzene rings is 2. The fourth-order valence-corrected chi connectivity index (χ4v) is 4.38. The second-order valence-electron chi connectivity index (χ2n) is 7.57. The Balaban J connectivity index is 1.70. The molecule has 29 heavy (non-hydrogen) atoms. The van der Waals surface area contributed by atoms with Crippen LogP contribution >= 0.6 is 0 Å². The van der Waals surface area contributed by atoms with Gasteiger partial charge in [-0.15, -0.1) is 0 Å². The third-order valence-corrected chi connectivity index (χ3v) is 5.70. The zero-order valence-electron chi connectivity index (χ0n) is 16.9. The lowest BCUT2D eigenvalue weighted by Crippen LogP contribution is -2.29. The first kappa shape index (κ1) is 19.4. The van der Waals surface area contributed by atoms with Crippen LogP contribution < -0.4 is 14.8 Å². The number of fused-ring (bicyclic) bond motifs is 3. The molecule has 1 heterocycles. The molecule has 0 aromatic heterocycles. The normalized spacial score (nSPS) is 21.8. The van der Waals surface area contributed by atoms with Crippen molar-refractivity contribution in [3.8, 4) is 11.5 Å². The monoisotopic (exact) mass is 393 g/mol. The number of hydrogen-bond donors (Lipinski definition) is 2. The van der Waals surface area contributed by atoms with E-state index in [9.17, 15) is 9.90 Å². The molecule has 0 radical (unpaired) electrons. The van der Waals surface area contributed by atoms with E-state index in [0.29, 0.717) is 24.7 Å². The maximum atomic E-state index is 11.4. The van der Waals surface area contributed by atoms with E-state index in [1.165, 1.54) is 0 Å². The summed E-state index contributed by atoms with van der Waals surface area (Å²) in [5.41, 5.74) is 3.55. The van der Waals surface area contributed by atoms with Crippen LogP contribution in [0.1, 0.15) is 60.1 Å². The van der Waals surface area contributed by atoms with Gasteiger partial charge < -0.3 is 19.9 Å². The Morgan fingerprint density at radius 3 is 2.76 bits per heavy atom. The molecule has 0 unspecified atom stereocenters. The molecule has 2 aromatic rings. The maximum Gasteiger partial charge on any atom is 0.335 e. The SMILES string of the molecule is CCCOc1cc([C@@H]2Nc3ccc(C(=O)O)cc3[C@@H]3C=CC[C@@H]32)ccc1OCC. The molecule has 2 aliphatic rings. The average Bonchev–Trinajstić information content (AvgIpc) is 3.22. The zero-order chi connectivity index (χ0) is 20.4. The van der Waals surface area contributed by atoms with Crippen LogP contribution in [0.25, 0.3) is 0 Å². The second kappa shape index (κ2) is 8.19. The molecule has 0 spiro atoms. The fraction of sp³-hybridized carbons (Fsp3) is 0.375. The van der Waals surface area contributed by atoms with Crippen molar-refractivity contribution in [3.05, 3.63) is 65.2 Å². The van der Waals surface area contributed by atoms with Gasteiger partial charge in [-0.2, -0.15) is 0 Å². The van der Waals surface area contributed by atoms with Gasteiger partial charge in [0.05, 0.1) is 24.8 Å². The van der Waals surface area contributed by atoms with Gasteiger partial charge in [-0.1, -0.05) is 25.1 Å². The van der Waals surface area contributed by atoms with E-state index in [-0.39, 0.29) is 12.0 Å². The third-order valence-electron chi connectivity index (χ3n) is 5.70. The van der Waals surface area contributed by atoms with Crippen LogP contribution in [0.3, 0.4) is 0 Å². The minimum atomic E-state index is -0.891. The van der Waals surface area contributed by atoms with Gasteiger partial charge in [0.25, 0.3) is 0 Å². The van der Waals surface area contributed by atoms with Gasteiger partial charge in [0, 0.05) is 11.6 Å². The highest BCUT2D eigenvalue weighted by atomic mass is 16.5. The summed E-state index contributed by atoms with van der Waals surface area (Å²) in [7, 11) is 0. The van der Waals surface area contributed by atoms with Gasteiger partial charge in [-0.05, 0) is 67.1 Å². The molecule has 2 aromatic carbocycles. The Hall–Kier alpha value is -2.95. The molecular formula is C24H27NO4. The number of rotatable bonds is 7. The standard InChI is InChI=1S/C24H27NO4/c1-3-12-29-22-14-15(9-11-21(22)28-4-2)23-18-7-5-6-17(18)19-13-16(24(26)27)8-10-20(19)25-23/h5-6,8-11,13-14,17-18,23,25H,3-4,7,12H2,1-2H3,(H,26,27)/t17-,18+,23+/m1/s1. The van der Waals surface area contributed by atoms with E-state index >= 15 is 0 Å². The summed E-state index contributed by atoms with van der Waals surface area (Å²) < 4.78 is 11.7. The smallest absolute Gasteiger partial charge is 0.335 e. The third kappa shape index (κ3) is 3.69. The maximum absolute atomic E-state index is 11.4. The minimum Gasteiger partial charge on any atom is -0.490 e. The number of ether oxygens (including phenoxy) is 2. The van der Waals surface area contributed by atoms with Gasteiger partial charge in [-0.3, -0.25) is 0 Å². The number of carboxylic acid groups (broad SMARTS) is 1. The van der Waals surface area contributed by atoms with E-state index in [0.717, 1.165) is 41.2 Å². The van der Waals surface area contributed by atoms with Crippen molar-refractivity contribution in [1.82, 2.24) is 0 Å². The van der Waals surface area contributed by atoms with Crippen LogP contribution in [0.15, 0.2) is 48.6 Å². The predicted molar refractivity (Wildman–Crippen MR) is 113 cm³/mol. The molecule has 152 valence electrons. The Bertz CT molecular complexity index is 936. The van der Waals surface area contributed by atoms with Crippen LogP contribution in [-0.2, 0) is 0 Å². The fourth-order valence-electron chi connectivity index (χ4n) is 4.38. The molecule has 0 saturated carbocycles. The van der Waals surface area contributed by atoms with Gasteiger partial charge >= 0.3 is 5.97 Å². The van der Waals surface area contributed by atoms with Crippen LogP contribution in [0.5, 0.6) is 11.5 Å². The molecule has 0 fully saturated rings. The predicted octanol–water partition coefficient (Wildman–Crippen LogP) is 5.40. The Labute approximate surface area is 171 Å². The van der Waals surface area contributed by atoms with Gasteiger partial charge in [0.1, 0.15) is 0 Å². The van der Waals surface area contributed by atoms with Gasteiger partial charge in [0.15, 0.2) is 11.5 Å². The summed E-state index contributed by atoms with van der Waals surface area (Å²) in [6.45, 7) is 5.30. The van der Waals surface area contributed by atoms with E-state index < -0.39 is 5.97 Å². The molecule has 4 rings (SSSR count). The lowest BCUT2D eigenvalue weighted by molar-refractivity contribution is 0.0696. The molecule has 0 bridgehead atoms. The lowest BCUT2D eigenvalue weighted by atomic mass is 9.76. The topological polar surface area (TPSA) is 67.8 Å². The average molecular weight is 393 g/mol. The van der Waals surface area contributed by atoms with Gasteiger partial charge in [-0.25, -0.2) is 4.79 Å². The molecule has 1 aliphatic heterocycles. The van der Waals surface area contributed by atoms with Crippen LogP contribution in [0, 0.1) is 5.92 Å². The highest BCUT2D eigenvalue weighted by Gasteiger charge is 2.38. The van der Waals surface area contributed by atoms with Crippen LogP contribution in [0.4, 0.5) is 5.69 Å². The number of carbonyl (C=O) groups is 1. The Kier molecular flexibility index (Phi) is 5.47. The molecule has 0 amide bonds. The number of carboxylic acids is 1. The number of aromatic carboxylic acids is 1. The number of allylic oxidation sites excluding steroid dienone is 2. The summed E-state index contributed by atoms with van der Waals surface area (Å²) in [4.78, 5) is 11.4. The lowest BCUT2D eigenvalue weighted by Gasteiger charge is -2.37. The van der Waals surface area contributed by atoms with Crippen molar-refractivity contribution >= 4 is 11.7 Å². The molecule has 5 heteroatoms. The van der Waals surface area contributed by atoms with Crippen LogP contribution in [0.2, 0.25) is 0 Å². The summed E-state index contributed by atoms with van der Waals surface area (Å²) >= 11 is 0. The molecule has 3 atom stereocenters. The largest absolute Gasteiger partial charge is 0.490 e. The summed E-state index contributed by atoms with van der Waals surface area (Å²) in [6.07, 6.45) is 6.31. The minimum absolute atomic E-state index is 0.123. The summed E-state index contributed by atoms with van der Waals surface area (Å²) in [5.74, 6) is 1.21. The molecular weight excluding hydrogens is 366 g/mol. The van der Waals surface area contributed by atoms with Crippen molar-refractivity contribution in [2.24, 2.45) is 5.92 Å². The number of anilines is 1. The highest BCUT2D eigenvalue weighted by Crippen LogP contribution is 2.50. The van der Waals surface area contributed by atoms with Crippen LogP contribution in [-0.4, -0.2) is 24.3 Å².